The molecule has 0 aliphatic carbocycles. The van der Waals surface area contributed by atoms with E-state index in [0.717, 1.165) is 15.5 Å². The van der Waals surface area contributed by atoms with E-state index in [1.165, 1.54) is 0 Å². The average molecular weight is 385 g/mol. The van der Waals surface area contributed by atoms with Crippen molar-refractivity contribution in [3.63, 3.8) is 0 Å². The van der Waals surface area contributed by atoms with E-state index in [0.29, 0.717) is 13.1 Å². The summed E-state index contributed by atoms with van der Waals surface area (Å²) in [6.07, 6.45) is 0. The Morgan fingerprint density at radius 2 is 1.78 bits per heavy atom. The summed E-state index contributed by atoms with van der Waals surface area (Å²) in [5.74, 6) is -1.28. The molecule has 2 aromatic rings. The highest BCUT2D eigenvalue weighted by Crippen LogP contribution is 2.33. The molecule has 3 rings (SSSR count). The van der Waals surface area contributed by atoms with Crippen molar-refractivity contribution in [2.45, 2.75) is 29.7 Å². The lowest BCUT2D eigenvalue weighted by Crippen LogP contribution is -2.41. The molecule has 3 atom stereocenters. The molecule has 1 unspecified atom stereocenters. The molecule has 0 radical (unpaired) electrons. The zero-order valence-electron chi connectivity index (χ0n) is 15.5. The maximum absolute atomic E-state index is 12.8. The molecule has 1 fully saturated rings. The first-order chi connectivity index (χ1) is 13.0. The number of anilines is 1. The zero-order valence-corrected chi connectivity index (χ0v) is 16.3. The van der Waals surface area contributed by atoms with Crippen molar-refractivity contribution in [1.29, 1.82) is 0 Å². The van der Waals surface area contributed by atoms with Crippen molar-refractivity contribution in [3.8, 4) is 0 Å². The fraction of sp³-hybridized carbons (Fsp3) is 0.333. The molecule has 1 aliphatic rings. The first-order valence-electron chi connectivity index (χ1n) is 9.05. The first-order valence-corrected chi connectivity index (χ1v) is 9.87. The van der Waals surface area contributed by atoms with Gasteiger partial charge in [0.05, 0.1) is 17.6 Å². The molecule has 1 saturated heterocycles. The van der Waals surface area contributed by atoms with E-state index < -0.39 is 11.9 Å². The van der Waals surface area contributed by atoms with Crippen LogP contribution in [0.5, 0.6) is 0 Å². The van der Waals surface area contributed by atoms with Crippen LogP contribution in [-0.2, 0) is 9.59 Å². The number of aliphatic carboxylic acids is 1. The minimum absolute atomic E-state index is 0.0404. The summed E-state index contributed by atoms with van der Waals surface area (Å²) in [6.45, 7) is 4.78. The smallest absolute Gasteiger partial charge is 0.308 e. The van der Waals surface area contributed by atoms with Crippen LogP contribution in [-0.4, -0.2) is 41.0 Å². The molecule has 0 aromatic heterocycles. The van der Waals surface area contributed by atoms with Crippen molar-refractivity contribution in [2.24, 2.45) is 11.8 Å². The van der Waals surface area contributed by atoms with Crippen LogP contribution in [0.3, 0.4) is 0 Å². The molecule has 1 aliphatic heterocycles. The van der Waals surface area contributed by atoms with Gasteiger partial charge in [0, 0.05) is 22.9 Å². The lowest BCUT2D eigenvalue weighted by molar-refractivity contribution is -0.142. The third-order valence-corrected chi connectivity index (χ3v) is 6.08. The molecule has 2 aromatic carbocycles. The summed E-state index contributed by atoms with van der Waals surface area (Å²) in [7, 11) is 0. The van der Waals surface area contributed by atoms with Crippen molar-refractivity contribution in [3.05, 3.63) is 54.6 Å². The van der Waals surface area contributed by atoms with Gasteiger partial charge in [-0.3, -0.25) is 14.5 Å². The highest BCUT2D eigenvalue weighted by molar-refractivity contribution is 7.99. The SMILES string of the molecule is CC(C(=O)Nc1ccccc1Sc1ccccc1)N1C[C@@H](C)[C@H](C(=O)O)C1. The van der Waals surface area contributed by atoms with Gasteiger partial charge in [-0.05, 0) is 37.1 Å². The number of carboxylic acids is 1. The zero-order chi connectivity index (χ0) is 19.4. The third-order valence-electron chi connectivity index (χ3n) is 5.00. The third kappa shape index (κ3) is 4.70. The predicted molar refractivity (Wildman–Crippen MR) is 107 cm³/mol. The number of carbonyl (C=O) groups is 2. The highest BCUT2D eigenvalue weighted by atomic mass is 32.2. The number of hydrogen-bond donors (Lipinski definition) is 2. The molecular weight excluding hydrogens is 360 g/mol. The second kappa shape index (κ2) is 8.59. The summed E-state index contributed by atoms with van der Waals surface area (Å²) >= 11 is 1.60. The van der Waals surface area contributed by atoms with Gasteiger partial charge in [0.25, 0.3) is 0 Å². The van der Waals surface area contributed by atoms with Gasteiger partial charge in [-0.1, -0.05) is 49.0 Å². The maximum atomic E-state index is 12.8. The van der Waals surface area contributed by atoms with Gasteiger partial charge in [0.2, 0.25) is 5.91 Å². The molecule has 5 nitrogen and oxygen atoms in total. The first kappa shape index (κ1) is 19.5. The van der Waals surface area contributed by atoms with Crippen LogP contribution in [0, 0.1) is 11.8 Å². The minimum Gasteiger partial charge on any atom is -0.481 e. The largest absolute Gasteiger partial charge is 0.481 e. The summed E-state index contributed by atoms with van der Waals surface area (Å²) < 4.78 is 0. The van der Waals surface area contributed by atoms with Crippen molar-refractivity contribution < 1.29 is 14.7 Å². The van der Waals surface area contributed by atoms with Crippen LogP contribution in [0.15, 0.2) is 64.4 Å². The van der Waals surface area contributed by atoms with Crippen LogP contribution in [0.2, 0.25) is 0 Å². The Hall–Kier alpha value is -2.31. The summed E-state index contributed by atoms with van der Waals surface area (Å²) in [5, 5.41) is 12.3. The number of nitrogens with one attached hydrogen (secondary N) is 1. The standard InChI is InChI=1S/C21H24N2O3S/c1-14-12-23(13-17(14)21(25)26)15(2)20(24)22-18-10-6-7-11-19(18)27-16-8-4-3-5-9-16/h3-11,14-15,17H,12-13H2,1-2H3,(H,22,24)(H,25,26)/t14-,15?,17-/m1/s1. The lowest BCUT2D eigenvalue weighted by Gasteiger charge is -2.23. The van der Waals surface area contributed by atoms with E-state index in [-0.39, 0.29) is 17.9 Å². The second-order valence-corrected chi connectivity index (χ2v) is 8.07. The Bertz CT molecular complexity index is 812. The van der Waals surface area contributed by atoms with Gasteiger partial charge in [-0.25, -0.2) is 0 Å². The monoisotopic (exact) mass is 384 g/mol. The number of hydrogen-bond acceptors (Lipinski definition) is 4. The Balaban J connectivity index is 1.68. The molecular formula is C21H24N2O3S. The maximum Gasteiger partial charge on any atom is 0.308 e. The quantitative estimate of drug-likeness (QED) is 0.792. The lowest BCUT2D eigenvalue weighted by atomic mass is 9.99. The van der Waals surface area contributed by atoms with Gasteiger partial charge < -0.3 is 10.4 Å². The van der Waals surface area contributed by atoms with Crippen LogP contribution >= 0.6 is 11.8 Å². The van der Waals surface area contributed by atoms with Crippen LogP contribution in [0.25, 0.3) is 0 Å². The molecule has 1 amide bonds. The van der Waals surface area contributed by atoms with Crippen LogP contribution in [0.1, 0.15) is 13.8 Å². The Morgan fingerprint density at radius 3 is 2.44 bits per heavy atom. The van der Waals surface area contributed by atoms with Crippen LogP contribution in [0.4, 0.5) is 5.69 Å². The summed E-state index contributed by atoms with van der Waals surface area (Å²) in [5.41, 5.74) is 0.769. The number of carbonyl (C=O) groups excluding carboxylic acids is 1. The number of nitrogens with zero attached hydrogens (tertiary/aromatic N) is 1. The Morgan fingerprint density at radius 1 is 1.11 bits per heavy atom. The minimum atomic E-state index is -0.790. The molecule has 0 saturated carbocycles. The van der Waals surface area contributed by atoms with Crippen molar-refractivity contribution in [2.75, 3.05) is 18.4 Å². The molecule has 0 spiro atoms. The second-order valence-electron chi connectivity index (χ2n) is 6.95. The van der Waals surface area contributed by atoms with Gasteiger partial charge in [-0.2, -0.15) is 0 Å². The van der Waals surface area contributed by atoms with Gasteiger partial charge in [0.15, 0.2) is 0 Å². The summed E-state index contributed by atoms with van der Waals surface area (Å²) in [4.78, 5) is 28.1. The fourth-order valence-electron chi connectivity index (χ4n) is 3.32. The number of carboxylic acid groups (broad SMARTS) is 1. The fourth-order valence-corrected chi connectivity index (χ4v) is 4.24. The molecule has 0 bridgehead atoms. The van der Waals surface area contributed by atoms with Crippen LogP contribution < -0.4 is 5.32 Å². The Labute approximate surface area is 163 Å². The topological polar surface area (TPSA) is 69.6 Å². The van der Waals surface area contributed by atoms with E-state index in [9.17, 15) is 14.7 Å². The van der Waals surface area contributed by atoms with E-state index in [1.54, 1.807) is 11.8 Å². The van der Waals surface area contributed by atoms with E-state index in [1.807, 2.05) is 73.3 Å². The molecule has 6 heteroatoms. The van der Waals surface area contributed by atoms with Gasteiger partial charge in [0.1, 0.15) is 0 Å². The number of para-hydroxylation sites is 1. The predicted octanol–water partition coefficient (Wildman–Crippen LogP) is 3.82. The molecule has 2 N–H and O–H groups in total. The summed E-state index contributed by atoms with van der Waals surface area (Å²) in [6, 6.07) is 17.3. The number of amides is 1. The number of likely N-dealkylation sites (tertiary alicyclic amines) is 1. The number of benzene rings is 2. The Kier molecular flexibility index (Phi) is 6.19. The van der Waals surface area contributed by atoms with Gasteiger partial charge in [-0.15, -0.1) is 0 Å². The molecule has 142 valence electrons. The van der Waals surface area contributed by atoms with E-state index >= 15 is 0 Å². The highest BCUT2D eigenvalue weighted by Gasteiger charge is 2.38. The average Bonchev–Trinajstić information content (AvgIpc) is 3.05. The number of rotatable bonds is 6. The van der Waals surface area contributed by atoms with E-state index in [4.69, 9.17) is 0 Å². The van der Waals surface area contributed by atoms with E-state index in [2.05, 4.69) is 5.32 Å². The molecule has 1 heterocycles. The normalized spacial score (nSPS) is 21.0. The van der Waals surface area contributed by atoms with Gasteiger partial charge >= 0.3 is 5.97 Å². The van der Waals surface area contributed by atoms with Crippen molar-refractivity contribution in [1.82, 2.24) is 4.90 Å². The van der Waals surface area contributed by atoms with Crippen molar-refractivity contribution >= 4 is 29.3 Å². The molecule has 27 heavy (non-hydrogen) atoms.